The lowest BCUT2D eigenvalue weighted by atomic mass is 10.0. The molecule has 0 fully saturated rings. The Kier molecular flexibility index (Phi) is 5.87. The molecule has 0 heterocycles. The number of amides is 1. The SMILES string of the molecule is CC(C)C[C@H](C#N)NC(=O)Cc1ccc(Br)cc1. The summed E-state index contributed by atoms with van der Waals surface area (Å²) in [6.45, 7) is 4.07. The van der Waals surface area contributed by atoms with Crippen LogP contribution in [-0.4, -0.2) is 11.9 Å². The Morgan fingerprint density at radius 1 is 1.39 bits per heavy atom. The van der Waals surface area contributed by atoms with Gasteiger partial charge in [0.1, 0.15) is 6.04 Å². The highest BCUT2D eigenvalue weighted by Gasteiger charge is 2.13. The zero-order valence-electron chi connectivity index (χ0n) is 10.6. The minimum absolute atomic E-state index is 0.107. The van der Waals surface area contributed by atoms with Crippen LogP contribution in [-0.2, 0) is 11.2 Å². The van der Waals surface area contributed by atoms with Gasteiger partial charge in [-0.05, 0) is 30.0 Å². The summed E-state index contributed by atoms with van der Waals surface area (Å²) in [4.78, 5) is 11.8. The normalized spacial score (nSPS) is 11.9. The molecule has 0 saturated carbocycles. The van der Waals surface area contributed by atoms with Gasteiger partial charge < -0.3 is 5.32 Å². The lowest BCUT2D eigenvalue weighted by Gasteiger charge is -2.13. The van der Waals surface area contributed by atoms with Crippen LogP contribution in [0, 0.1) is 17.2 Å². The van der Waals surface area contributed by atoms with Crippen LogP contribution < -0.4 is 5.32 Å². The van der Waals surface area contributed by atoms with Crippen molar-refractivity contribution in [2.75, 3.05) is 0 Å². The Morgan fingerprint density at radius 2 is 2.00 bits per heavy atom. The summed E-state index contributed by atoms with van der Waals surface area (Å²) < 4.78 is 0.987. The van der Waals surface area contributed by atoms with Crippen LogP contribution in [0.5, 0.6) is 0 Å². The highest BCUT2D eigenvalue weighted by Crippen LogP contribution is 2.11. The van der Waals surface area contributed by atoms with E-state index in [0.717, 1.165) is 10.0 Å². The minimum atomic E-state index is -0.395. The van der Waals surface area contributed by atoms with Crippen molar-refractivity contribution in [3.05, 3.63) is 34.3 Å². The smallest absolute Gasteiger partial charge is 0.225 e. The zero-order valence-corrected chi connectivity index (χ0v) is 12.2. The average Bonchev–Trinajstić information content (AvgIpc) is 2.30. The molecular weight excluding hydrogens is 292 g/mol. The van der Waals surface area contributed by atoms with Gasteiger partial charge >= 0.3 is 0 Å². The van der Waals surface area contributed by atoms with Crippen molar-refractivity contribution >= 4 is 21.8 Å². The Bertz CT molecular complexity index is 434. The van der Waals surface area contributed by atoms with Gasteiger partial charge in [-0.2, -0.15) is 5.26 Å². The van der Waals surface area contributed by atoms with Crippen molar-refractivity contribution < 1.29 is 4.79 Å². The standard InChI is InChI=1S/C14H17BrN2O/c1-10(2)7-13(9-16)17-14(18)8-11-3-5-12(15)6-4-11/h3-6,10,13H,7-8H2,1-2H3,(H,17,18)/t13-/m1/s1. The largest absolute Gasteiger partial charge is 0.340 e. The third kappa shape index (κ3) is 5.33. The van der Waals surface area contributed by atoms with Crippen LogP contribution in [0.2, 0.25) is 0 Å². The molecule has 1 atom stereocenters. The summed E-state index contributed by atoms with van der Waals surface area (Å²) >= 11 is 3.35. The summed E-state index contributed by atoms with van der Waals surface area (Å²) in [6.07, 6.45) is 0.992. The molecule has 0 aliphatic carbocycles. The monoisotopic (exact) mass is 308 g/mol. The molecule has 4 heteroatoms. The second-order valence-corrected chi connectivity index (χ2v) is 5.60. The Morgan fingerprint density at radius 3 is 2.50 bits per heavy atom. The van der Waals surface area contributed by atoms with Gasteiger partial charge in [0.2, 0.25) is 5.91 Å². The maximum Gasteiger partial charge on any atom is 0.225 e. The molecule has 0 bridgehead atoms. The van der Waals surface area contributed by atoms with E-state index in [-0.39, 0.29) is 5.91 Å². The van der Waals surface area contributed by atoms with Crippen LogP contribution in [0.1, 0.15) is 25.8 Å². The topological polar surface area (TPSA) is 52.9 Å². The molecule has 96 valence electrons. The number of halogens is 1. The van der Waals surface area contributed by atoms with Crippen molar-refractivity contribution in [3.8, 4) is 6.07 Å². The molecule has 0 aromatic heterocycles. The molecule has 0 saturated heterocycles. The first kappa shape index (κ1) is 14.7. The van der Waals surface area contributed by atoms with E-state index in [9.17, 15) is 4.79 Å². The van der Waals surface area contributed by atoms with Crippen LogP contribution in [0.3, 0.4) is 0 Å². The molecule has 1 aromatic carbocycles. The molecule has 1 aromatic rings. The maximum absolute atomic E-state index is 11.8. The van der Waals surface area contributed by atoms with E-state index in [0.29, 0.717) is 18.8 Å². The lowest BCUT2D eigenvalue weighted by Crippen LogP contribution is -2.35. The highest BCUT2D eigenvalue weighted by molar-refractivity contribution is 9.10. The second-order valence-electron chi connectivity index (χ2n) is 4.68. The van der Waals surface area contributed by atoms with Gasteiger partial charge in [0.25, 0.3) is 0 Å². The molecule has 0 unspecified atom stereocenters. The molecule has 1 N–H and O–H groups in total. The molecule has 1 amide bonds. The first-order chi connectivity index (χ1) is 8.51. The molecule has 0 aliphatic rings. The first-order valence-corrected chi connectivity index (χ1v) is 6.74. The summed E-state index contributed by atoms with van der Waals surface area (Å²) in [6, 6.07) is 9.32. The fourth-order valence-electron chi connectivity index (χ4n) is 1.65. The van der Waals surface area contributed by atoms with E-state index in [1.165, 1.54) is 0 Å². The number of benzene rings is 1. The number of nitrogens with zero attached hydrogens (tertiary/aromatic N) is 1. The van der Waals surface area contributed by atoms with Gasteiger partial charge in [-0.15, -0.1) is 0 Å². The van der Waals surface area contributed by atoms with Gasteiger partial charge in [0, 0.05) is 4.47 Å². The van der Waals surface area contributed by atoms with Gasteiger partial charge in [-0.3, -0.25) is 4.79 Å². The van der Waals surface area contributed by atoms with E-state index in [1.54, 1.807) is 0 Å². The van der Waals surface area contributed by atoms with Gasteiger partial charge in [0.05, 0.1) is 12.5 Å². The van der Waals surface area contributed by atoms with Crippen molar-refractivity contribution in [2.45, 2.75) is 32.7 Å². The lowest BCUT2D eigenvalue weighted by molar-refractivity contribution is -0.120. The number of carbonyl (C=O) groups is 1. The maximum atomic E-state index is 11.8. The van der Waals surface area contributed by atoms with Crippen molar-refractivity contribution in [3.63, 3.8) is 0 Å². The molecular formula is C14H17BrN2O. The summed E-state index contributed by atoms with van der Waals surface area (Å²) in [5.74, 6) is 0.284. The minimum Gasteiger partial charge on any atom is -0.340 e. The summed E-state index contributed by atoms with van der Waals surface area (Å²) in [7, 11) is 0. The molecule has 1 rings (SSSR count). The zero-order chi connectivity index (χ0) is 13.5. The van der Waals surface area contributed by atoms with Crippen LogP contribution in [0.15, 0.2) is 28.7 Å². The first-order valence-electron chi connectivity index (χ1n) is 5.94. The molecule has 18 heavy (non-hydrogen) atoms. The number of carbonyl (C=O) groups excluding carboxylic acids is 1. The van der Waals surface area contributed by atoms with Crippen molar-refractivity contribution in [2.24, 2.45) is 5.92 Å². The van der Waals surface area contributed by atoms with Gasteiger partial charge in [0.15, 0.2) is 0 Å². The molecule has 0 radical (unpaired) electrons. The molecule has 3 nitrogen and oxygen atoms in total. The van der Waals surface area contributed by atoms with E-state index in [4.69, 9.17) is 5.26 Å². The van der Waals surface area contributed by atoms with Crippen molar-refractivity contribution in [1.29, 1.82) is 5.26 Å². The van der Waals surface area contributed by atoms with Crippen LogP contribution >= 0.6 is 15.9 Å². The second kappa shape index (κ2) is 7.17. The van der Waals surface area contributed by atoms with E-state index < -0.39 is 6.04 Å². The van der Waals surface area contributed by atoms with E-state index in [1.807, 2.05) is 38.1 Å². The number of hydrogen-bond donors (Lipinski definition) is 1. The predicted molar refractivity (Wildman–Crippen MR) is 74.8 cm³/mol. The summed E-state index contributed by atoms with van der Waals surface area (Å²) in [5.41, 5.74) is 0.942. The van der Waals surface area contributed by atoms with Crippen molar-refractivity contribution in [1.82, 2.24) is 5.32 Å². The summed E-state index contributed by atoms with van der Waals surface area (Å²) in [5, 5.41) is 11.7. The van der Waals surface area contributed by atoms with Gasteiger partial charge in [-0.1, -0.05) is 41.9 Å². The average molecular weight is 309 g/mol. The van der Waals surface area contributed by atoms with Crippen LogP contribution in [0.4, 0.5) is 0 Å². The molecule has 0 aliphatic heterocycles. The van der Waals surface area contributed by atoms with E-state index in [2.05, 4.69) is 27.3 Å². The third-order valence-corrected chi connectivity index (χ3v) is 3.00. The quantitative estimate of drug-likeness (QED) is 0.909. The fourth-order valence-corrected chi connectivity index (χ4v) is 1.91. The Balaban J connectivity index is 2.50. The van der Waals surface area contributed by atoms with Crippen LogP contribution in [0.25, 0.3) is 0 Å². The van der Waals surface area contributed by atoms with Gasteiger partial charge in [-0.25, -0.2) is 0 Å². The fraction of sp³-hybridized carbons (Fsp3) is 0.429. The molecule has 0 spiro atoms. The van der Waals surface area contributed by atoms with E-state index >= 15 is 0 Å². The number of rotatable bonds is 5. The Hall–Kier alpha value is -1.34. The third-order valence-electron chi connectivity index (χ3n) is 2.48. The number of nitrogens with one attached hydrogen (secondary N) is 1. The number of hydrogen-bond acceptors (Lipinski definition) is 2. The number of nitriles is 1. The highest BCUT2D eigenvalue weighted by atomic mass is 79.9. The Labute approximate surface area is 116 Å². The predicted octanol–water partition coefficient (Wildman–Crippen LogP) is 3.05.